The van der Waals surface area contributed by atoms with Gasteiger partial charge in [-0.05, 0) is 49.6 Å². The Labute approximate surface area is 247 Å². The van der Waals surface area contributed by atoms with Crippen LogP contribution in [0.5, 0.6) is 0 Å². The summed E-state index contributed by atoms with van der Waals surface area (Å²) in [4.78, 5) is 29.2. The SMILES string of the molecule is CC[C@@H](C)NC(=O)[C@H](Cc1ccccc1)N(Cc1ccc(C)cc1)C(=O)CN(c1cc(Cl)ccc1Cl)S(C)(=O)=O. The van der Waals surface area contributed by atoms with Crippen LogP contribution >= 0.6 is 23.2 Å². The molecule has 10 heteroatoms. The standard InChI is InChI=1S/C30H35Cl2N3O4S/c1-5-22(3)33-30(37)28(17-23-9-7-6-8-10-23)34(19-24-13-11-21(2)12-14-24)29(36)20-35(40(4,38)39)27-18-25(31)15-16-26(27)32/h6-16,18,22,28H,5,17,19-20H2,1-4H3,(H,33,37)/t22-,28+/m1/s1. The molecule has 0 unspecified atom stereocenters. The van der Waals surface area contributed by atoms with Gasteiger partial charge in [-0.3, -0.25) is 13.9 Å². The molecule has 0 heterocycles. The minimum absolute atomic E-state index is 0.0870. The van der Waals surface area contributed by atoms with Crippen LogP contribution in [0.15, 0.2) is 72.8 Å². The molecule has 0 fully saturated rings. The summed E-state index contributed by atoms with van der Waals surface area (Å²) in [6.07, 6.45) is 1.96. The number of carbonyl (C=O) groups excluding carboxylic acids is 2. The van der Waals surface area contributed by atoms with Crippen LogP contribution in [-0.2, 0) is 32.6 Å². The predicted octanol–water partition coefficient (Wildman–Crippen LogP) is 5.62. The number of halogens is 2. The van der Waals surface area contributed by atoms with Crippen molar-refractivity contribution in [2.75, 3.05) is 17.1 Å². The van der Waals surface area contributed by atoms with E-state index in [2.05, 4.69) is 5.32 Å². The van der Waals surface area contributed by atoms with E-state index in [1.165, 1.54) is 23.1 Å². The van der Waals surface area contributed by atoms with Crippen LogP contribution in [0, 0.1) is 6.92 Å². The highest BCUT2D eigenvalue weighted by Gasteiger charge is 2.34. The number of benzene rings is 3. The fraction of sp³-hybridized carbons (Fsp3) is 0.333. The van der Waals surface area contributed by atoms with Gasteiger partial charge in [0.05, 0.1) is 17.0 Å². The van der Waals surface area contributed by atoms with Crippen LogP contribution in [0.4, 0.5) is 5.69 Å². The summed E-state index contributed by atoms with van der Waals surface area (Å²) in [5.41, 5.74) is 2.81. The maximum absolute atomic E-state index is 14.1. The molecule has 3 rings (SSSR count). The molecule has 0 aliphatic heterocycles. The summed E-state index contributed by atoms with van der Waals surface area (Å²) in [5, 5.41) is 3.41. The topological polar surface area (TPSA) is 86.8 Å². The third-order valence-electron chi connectivity index (χ3n) is 6.60. The number of carbonyl (C=O) groups is 2. The van der Waals surface area contributed by atoms with Crippen LogP contribution in [0.25, 0.3) is 0 Å². The van der Waals surface area contributed by atoms with Crippen LogP contribution in [0.2, 0.25) is 10.0 Å². The smallest absolute Gasteiger partial charge is 0.244 e. The second kappa shape index (κ2) is 14.0. The van der Waals surface area contributed by atoms with Gasteiger partial charge >= 0.3 is 0 Å². The van der Waals surface area contributed by atoms with E-state index >= 15 is 0 Å². The van der Waals surface area contributed by atoms with E-state index in [0.717, 1.165) is 27.3 Å². The lowest BCUT2D eigenvalue weighted by atomic mass is 10.0. The predicted molar refractivity (Wildman–Crippen MR) is 162 cm³/mol. The number of nitrogens with one attached hydrogen (secondary N) is 1. The van der Waals surface area contributed by atoms with Crippen LogP contribution in [0.3, 0.4) is 0 Å². The van der Waals surface area contributed by atoms with Crippen molar-refractivity contribution in [2.45, 2.75) is 52.2 Å². The van der Waals surface area contributed by atoms with Gasteiger partial charge in [0, 0.05) is 24.0 Å². The number of hydrogen-bond acceptors (Lipinski definition) is 4. The fourth-order valence-electron chi connectivity index (χ4n) is 4.16. The van der Waals surface area contributed by atoms with Gasteiger partial charge in [-0.2, -0.15) is 0 Å². The summed E-state index contributed by atoms with van der Waals surface area (Å²) in [7, 11) is -3.95. The van der Waals surface area contributed by atoms with E-state index < -0.39 is 28.5 Å². The maximum atomic E-state index is 14.1. The zero-order chi connectivity index (χ0) is 29.4. The van der Waals surface area contributed by atoms with Crippen LogP contribution in [0.1, 0.15) is 37.0 Å². The van der Waals surface area contributed by atoms with Crippen molar-refractivity contribution in [2.24, 2.45) is 0 Å². The largest absolute Gasteiger partial charge is 0.352 e. The van der Waals surface area contributed by atoms with E-state index in [4.69, 9.17) is 23.2 Å². The molecule has 40 heavy (non-hydrogen) atoms. The minimum atomic E-state index is -3.95. The van der Waals surface area contributed by atoms with E-state index in [0.29, 0.717) is 6.42 Å². The number of aryl methyl sites for hydroxylation is 1. The van der Waals surface area contributed by atoms with E-state index in [1.807, 2.05) is 75.4 Å². The van der Waals surface area contributed by atoms with Crippen molar-refractivity contribution in [3.63, 3.8) is 0 Å². The highest BCUT2D eigenvalue weighted by molar-refractivity contribution is 7.92. The minimum Gasteiger partial charge on any atom is -0.352 e. The summed E-state index contributed by atoms with van der Waals surface area (Å²) < 4.78 is 26.7. The van der Waals surface area contributed by atoms with Gasteiger partial charge in [-0.25, -0.2) is 8.42 Å². The second-order valence-corrected chi connectivity index (χ2v) is 12.6. The molecule has 0 saturated carbocycles. The van der Waals surface area contributed by atoms with Gasteiger partial charge in [0.25, 0.3) is 0 Å². The van der Waals surface area contributed by atoms with Crippen molar-refractivity contribution in [1.82, 2.24) is 10.2 Å². The molecular weight excluding hydrogens is 569 g/mol. The number of sulfonamides is 1. The van der Waals surface area contributed by atoms with Crippen molar-refractivity contribution >= 4 is 50.7 Å². The van der Waals surface area contributed by atoms with Gasteiger partial charge in [0.1, 0.15) is 12.6 Å². The van der Waals surface area contributed by atoms with E-state index in [9.17, 15) is 18.0 Å². The van der Waals surface area contributed by atoms with Gasteiger partial charge in [0.15, 0.2) is 0 Å². The Hall–Kier alpha value is -3.07. The first-order valence-electron chi connectivity index (χ1n) is 13.0. The van der Waals surface area contributed by atoms with Gasteiger partial charge < -0.3 is 10.2 Å². The first kappa shape index (κ1) is 31.5. The van der Waals surface area contributed by atoms with E-state index in [-0.39, 0.29) is 40.6 Å². The van der Waals surface area contributed by atoms with Crippen molar-refractivity contribution < 1.29 is 18.0 Å². The first-order valence-corrected chi connectivity index (χ1v) is 15.6. The molecule has 214 valence electrons. The lowest BCUT2D eigenvalue weighted by Crippen LogP contribution is -2.54. The summed E-state index contributed by atoms with van der Waals surface area (Å²) in [6.45, 7) is 5.36. The molecule has 0 saturated heterocycles. The van der Waals surface area contributed by atoms with Gasteiger partial charge in [-0.1, -0.05) is 90.3 Å². The highest BCUT2D eigenvalue weighted by atomic mass is 35.5. The molecule has 2 amide bonds. The third kappa shape index (κ3) is 8.71. The van der Waals surface area contributed by atoms with Gasteiger partial charge in [-0.15, -0.1) is 0 Å². The number of rotatable bonds is 12. The molecule has 0 bridgehead atoms. The molecule has 0 radical (unpaired) electrons. The third-order valence-corrected chi connectivity index (χ3v) is 8.28. The Kier molecular flexibility index (Phi) is 11.0. The molecule has 0 aliphatic rings. The molecule has 3 aromatic rings. The lowest BCUT2D eigenvalue weighted by Gasteiger charge is -2.34. The Morgan fingerprint density at radius 1 is 0.950 bits per heavy atom. The van der Waals surface area contributed by atoms with Crippen molar-refractivity contribution in [1.29, 1.82) is 0 Å². The molecule has 0 aliphatic carbocycles. The monoisotopic (exact) mass is 603 g/mol. The van der Waals surface area contributed by atoms with Crippen molar-refractivity contribution in [3.8, 4) is 0 Å². The molecule has 2 atom stereocenters. The summed E-state index contributed by atoms with van der Waals surface area (Å²) >= 11 is 12.5. The number of anilines is 1. The molecule has 0 spiro atoms. The normalized spacial score (nSPS) is 12.8. The Balaban J connectivity index is 2.08. The number of amides is 2. The lowest BCUT2D eigenvalue weighted by molar-refractivity contribution is -0.140. The number of hydrogen-bond donors (Lipinski definition) is 1. The second-order valence-electron chi connectivity index (χ2n) is 9.90. The van der Waals surface area contributed by atoms with Crippen LogP contribution < -0.4 is 9.62 Å². The van der Waals surface area contributed by atoms with Crippen molar-refractivity contribution in [3.05, 3.63) is 99.5 Å². The average molecular weight is 605 g/mol. The Morgan fingerprint density at radius 2 is 1.60 bits per heavy atom. The number of nitrogens with zero attached hydrogens (tertiary/aromatic N) is 2. The van der Waals surface area contributed by atoms with Gasteiger partial charge in [0.2, 0.25) is 21.8 Å². The molecule has 0 aromatic heterocycles. The highest BCUT2D eigenvalue weighted by Crippen LogP contribution is 2.31. The zero-order valence-corrected chi connectivity index (χ0v) is 25.4. The zero-order valence-electron chi connectivity index (χ0n) is 23.1. The summed E-state index contributed by atoms with van der Waals surface area (Å²) in [6, 6.07) is 20.5. The summed E-state index contributed by atoms with van der Waals surface area (Å²) in [5.74, 6) is -0.868. The quantitative estimate of drug-likeness (QED) is 0.291. The van der Waals surface area contributed by atoms with E-state index in [1.54, 1.807) is 0 Å². The Morgan fingerprint density at radius 3 is 2.20 bits per heavy atom. The Bertz CT molecular complexity index is 1420. The molecule has 3 aromatic carbocycles. The first-order chi connectivity index (χ1) is 18.9. The maximum Gasteiger partial charge on any atom is 0.244 e. The molecular formula is C30H35Cl2N3O4S. The molecule has 7 nitrogen and oxygen atoms in total. The van der Waals surface area contributed by atoms with Crippen LogP contribution in [-0.4, -0.2) is 50.0 Å². The average Bonchev–Trinajstić information content (AvgIpc) is 2.91. The molecule has 1 N–H and O–H groups in total. The fourth-order valence-corrected chi connectivity index (χ4v) is 5.45.